The van der Waals surface area contributed by atoms with Gasteiger partial charge in [-0.2, -0.15) is 0 Å². The zero-order valence-corrected chi connectivity index (χ0v) is 23.1. The molecule has 7 nitrogen and oxygen atoms in total. The van der Waals surface area contributed by atoms with Gasteiger partial charge in [0.2, 0.25) is 5.91 Å². The van der Waals surface area contributed by atoms with Crippen LogP contribution in [0.15, 0.2) is 97.1 Å². The Kier molecular flexibility index (Phi) is 9.08. The topological polar surface area (TPSA) is 90.7 Å². The Bertz CT molecular complexity index is 1460. The van der Waals surface area contributed by atoms with Gasteiger partial charge >= 0.3 is 6.03 Å². The van der Waals surface area contributed by atoms with Crippen molar-refractivity contribution in [1.29, 1.82) is 0 Å². The Labute approximate surface area is 243 Å². The monoisotopic (exact) mass is 569 g/mol. The van der Waals surface area contributed by atoms with Crippen LogP contribution in [0.2, 0.25) is 0 Å². The molecule has 0 aromatic heterocycles. The lowest BCUT2D eigenvalue weighted by atomic mass is 9.96. The number of carbonyl (C=O) groups excluding carboxylic acids is 2. The first-order chi connectivity index (χ1) is 20.4. The highest BCUT2D eigenvalue weighted by Gasteiger charge is 2.28. The fourth-order valence-corrected chi connectivity index (χ4v) is 5.32. The van der Waals surface area contributed by atoms with Crippen LogP contribution in [0.4, 0.5) is 25.0 Å². The maximum absolute atomic E-state index is 13.7. The summed E-state index contributed by atoms with van der Waals surface area (Å²) in [6, 6.07) is 27.1. The molecule has 1 saturated heterocycles. The van der Waals surface area contributed by atoms with Crippen LogP contribution in [0.3, 0.4) is 0 Å². The van der Waals surface area contributed by atoms with Gasteiger partial charge in [-0.15, -0.1) is 0 Å². The van der Waals surface area contributed by atoms with Gasteiger partial charge in [0.1, 0.15) is 11.6 Å². The predicted molar refractivity (Wildman–Crippen MR) is 161 cm³/mol. The van der Waals surface area contributed by atoms with Gasteiger partial charge in [-0.05, 0) is 65.6 Å². The summed E-state index contributed by atoms with van der Waals surface area (Å²) >= 11 is 0. The molecule has 4 aromatic carbocycles. The Balaban J connectivity index is 1.30. The molecule has 4 N–H and O–H groups in total. The molecule has 1 aliphatic heterocycles. The number of rotatable bonds is 9. The van der Waals surface area contributed by atoms with E-state index in [0.717, 1.165) is 22.4 Å². The van der Waals surface area contributed by atoms with Crippen LogP contribution in [0.5, 0.6) is 0 Å². The normalized spacial score (nSPS) is 13.6. The quantitative estimate of drug-likeness (QED) is 0.254. The first-order valence-corrected chi connectivity index (χ1v) is 13.9. The number of nitrogens with two attached hydrogens (primary N) is 1. The molecular formula is C33H33F2N5O2. The zero-order valence-electron chi connectivity index (χ0n) is 23.1. The summed E-state index contributed by atoms with van der Waals surface area (Å²) in [5.74, 6) is -1.21. The second-order valence-electron chi connectivity index (χ2n) is 10.2. The largest absolute Gasteiger partial charge is 0.367 e. The number of primary amides is 1. The number of nitrogens with zero attached hydrogens (tertiary/aromatic N) is 2. The van der Waals surface area contributed by atoms with Crippen LogP contribution < -0.4 is 21.3 Å². The molecule has 4 aromatic rings. The summed E-state index contributed by atoms with van der Waals surface area (Å²) in [6.07, 6.45) is 0.688. The molecule has 5 rings (SSSR count). The molecule has 1 heterocycles. The lowest BCUT2D eigenvalue weighted by Crippen LogP contribution is -2.48. The average molecular weight is 570 g/mol. The molecule has 0 radical (unpaired) electrons. The standard InChI is InChI=1S/C33H33F2N5O2/c34-27-11-6-24(7-12-27)31(25-8-13-28(35)14-9-25)40-20-18-39(19-21-40)30-15-10-26(32(36)41)22-29(30)38-33(42)37-17-16-23-4-2-1-3-5-23/h1-15,22,31H,16-21H2,(H2,36,41)(H2,37,38,42). The number of urea groups is 1. The molecule has 0 bridgehead atoms. The lowest BCUT2D eigenvalue weighted by Gasteiger charge is -2.41. The van der Waals surface area contributed by atoms with Gasteiger partial charge in [0.15, 0.2) is 0 Å². The maximum atomic E-state index is 13.7. The van der Waals surface area contributed by atoms with E-state index in [1.54, 1.807) is 42.5 Å². The molecule has 3 amide bonds. The molecule has 9 heteroatoms. The van der Waals surface area contributed by atoms with E-state index in [1.165, 1.54) is 24.3 Å². The third-order valence-corrected chi connectivity index (χ3v) is 7.46. The summed E-state index contributed by atoms with van der Waals surface area (Å²) in [4.78, 5) is 29.1. The highest BCUT2D eigenvalue weighted by atomic mass is 19.1. The SMILES string of the molecule is NC(=O)c1ccc(N2CCN(C(c3ccc(F)cc3)c3ccc(F)cc3)CC2)c(NC(=O)NCCc2ccccc2)c1. The van der Waals surface area contributed by atoms with Crippen molar-refractivity contribution in [3.8, 4) is 0 Å². The third kappa shape index (κ3) is 7.11. The van der Waals surface area contributed by atoms with Gasteiger partial charge in [0, 0.05) is 38.3 Å². The van der Waals surface area contributed by atoms with E-state index < -0.39 is 5.91 Å². The minimum atomic E-state index is -0.583. The van der Waals surface area contributed by atoms with E-state index >= 15 is 0 Å². The number of carbonyl (C=O) groups is 2. The minimum Gasteiger partial charge on any atom is -0.367 e. The van der Waals surface area contributed by atoms with E-state index in [9.17, 15) is 18.4 Å². The number of hydrogen-bond donors (Lipinski definition) is 3. The Morgan fingerprint density at radius 3 is 1.95 bits per heavy atom. The van der Waals surface area contributed by atoms with E-state index in [0.29, 0.717) is 50.4 Å². The summed E-state index contributed by atoms with van der Waals surface area (Å²) in [7, 11) is 0. The number of benzene rings is 4. The van der Waals surface area contributed by atoms with Crippen molar-refractivity contribution in [2.75, 3.05) is 42.9 Å². The van der Waals surface area contributed by atoms with E-state index in [2.05, 4.69) is 20.4 Å². The number of nitrogens with one attached hydrogen (secondary N) is 2. The van der Waals surface area contributed by atoms with Crippen molar-refractivity contribution in [3.05, 3.63) is 131 Å². The second-order valence-corrected chi connectivity index (χ2v) is 10.2. The first-order valence-electron chi connectivity index (χ1n) is 13.9. The van der Waals surface area contributed by atoms with Crippen LogP contribution in [-0.4, -0.2) is 49.6 Å². The van der Waals surface area contributed by atoms with Gasteiger partial charge in [0.25, 0.3) is 0 Å². The first kappa shape index (κ1) is 28.8. The van der Waals surface area contributed by atoms with Crippen LogP contribution >= 0.6 is 0 Å². The predicted octanol–water partition coefficient (Wildman–Crippen LogP) is 5.34. The summed E-state index contributed by atoms with van der Waals surface area (Å²) in [5, 5.41) is 5.78. The van der Waals surface area contributed by atoms with Gasteiger partial charge < -0.3 is 21.3 Å². The fraction of sp³-hybridized carbons (Fsp3) is 0.212. The van der Waals surface area contributed by atoms with Crippen molar-refractivity contribution in [1.82, 2.24) is 10.2 Å². The molecule has 216 valence electrons. The number of hydrogen-bond acceptors (Lipinski definition) is 4. The molecule has 0 aliphatic carbocycles. The number of halogens is 2. The van der Waals surface area contributed by atoms with Crippen molar-refractivity contribution < 1.29 is 18.4 Å². The Morgan fingerprint density at radius 2 is 1.38 bits per heavy atom. The van der Waals surface area contributed by atoms with Gasteiger partial charge in [-0.1, -0.05) is 54.6 Å². The van der Waals surface area contributed by atoms with Crippen molar-refractivity contribution >= 4 is 23.3 Å². The lowest BCUT2D eigenvalue weighted by molar-refractivity contribution is 0.1000. The Morgan fingerprint density at radius 1 is 0.786 bits per heavy atom. The minimum absolute atomic E-state index is 0.182. The molecule has 1 aliphatic rings. The van der Waals surface area contributed by atoms with Crippen LogP contribution in [0.1, 0.15) is 33.1 Å². The van der Waals surface area contributed by atoms with Crippen molar-refractivity contribution in [2.45, 2.75) is 12.5 Å². The van der Waals surface area contributed by atoms with Crippen LogP contribution in [-0.2, 0) is 6.42 Å². The molecule has 0 atom stereocenters. The van der Waals surface area contributed by atoms with Gasteiger partial charge in [0.05, 0.1) is 17.4 Å². The molecule has 1 fully saturated rings. The summed E-state index contributed by atoms with van der Waals surface area (Å²) < 4.78 is 27.4. The highest BCUT2D eigenvalue weighted by molar-refractivity contribution is 5.98. The highest BCUT2D eigenvalue weighted by Crippen LogP contribution is 2.33. The third-order valence-electron chi connectivity index (χ3n) is 7.46. The number of piperazine rings is 1. The molecule has 0 saturated carbocycles. The van der Waals surface area contributed by atoms with Crippen LogP contribution in [0.25, 0.3) is 0 Å². The fourth-order valence-electron chi connectivity index (χ4n) is 5.32. The van der Waals surface area contributed by atoms with Crippen LogP contribution in [0, 0.1) is 11.6 Å². The van der Waals surface area contributed by atoms with Gasteiger partial charge in [-0.3, -0.25) is 9.69 Å². The second kappa shape index (κ2) is 13.3. The number of amides is 3. The summed E-state index contributed by atoms with van der Waals surface area (Å²) in [5.41, 5.74) is 10.0. The summed E-state index contributed by atoms with van der Waals surface area (Å²) in [6.45, 7) is 3.01. The number of anilines is 2. The van der Waals surface area contributed by atoms with E-state index in [1.807, 2.05) is 30.3 Å². The van der Waals surface area contributed by atoms with E-state index in [4.69, 9.17) is 5.73 Å². The smallest absolute Gasteiger partial charge is 0.319 e. The zero-order chi connectivity index (χ0) is 29.5. The van der Waals surface area contributed by atoms with Crippen molar-refractivity contribution in [3.63, 3.8) is 0 Å². The molecule has 0 unspecified atom stereocenters. The maximum Gasteiger partial charge on any atom is 0.319 e. The average Bonchev–Trinajstić information content (AvgIpc) is 3.00. The van der Waals surface area contributed by atoms with Crippen molar-refractivity contribution in [2.24, 2.45) is 5.73 Å². The Hall–Kier alpha value is -4.76. The molecule has 42 heavy (non-hydrogen) atoms. The van der Waals surface area contributed by atoms with E-state index in [-0.39, 0.29) is 23.7 Å². The van der Waals surface area contributed by atoms with Gasteiger partial charge in [-0.25, -0.2) is 13.6 Å². The molecular weight excluding hydrogens is 536 g/mol. The molecule has 0 spiro atoms.